The molecule has 0 atom stereocenters. The number of hydrogen-bond donors (Lipinski definition) is 1. The van der Waals surface area contributed by atoms with Crippen molar-refractivity contribution >= 4 is 11.3 Å². The number of aromatic nitrogens is 1. The molecule has 108 valence electrons. The van der Waals surface area contributed by atoms with Crippen LogP contribution in [0.5, 0.6) is 0 Å². The highest BCUT2D eigenvalue weighted by atomic mass is 32.1. The highest BCUT2D eigenvalue weighted by Gasteiger charge is 2.37. The van der Waals surface area contributed by atoms with Crippen LogP contribution in [0, 0.1) is 6.92 Å². The van der Waals surface area contributed by atoms with E-state index in [4.69, 9.17) is 4.98 Å². The first kappa shape index (κ1) is 14.9. The Morgan fingerprint density at radius 3 is 2.58 bits per heavy atom. The SMILES string of the molecule is CCCNC1(c2nc(C)cs2)CCN(CCC)CC1. The molecule has 1 saturated heterocycles. The Morgan fingerprint density at radius 1 is 1.32 bits per heavy atom. The van der Waals surface area contributed by atoms with Crippen LogP contribution in [0.4, 0.5) is 0 Å². The van der Waals surface area contributed by atoms with Gasteiger partial charge >= 0.3 is 0 Å². The predicted octanol–water partition coefficient (Wildman–Crippen LogP) is 3.15. The largest absolute Gasteiger partial charge is 0.305 e. The predicted molar refractivity (Wildman–Crippen MR) is 82.8 cm³/mol. The quantitative estimate of drug-likeness (QED) is 0.868. The van der Waals surface area contributed by atoms with Gasteiger partial charge in [0.2, 0.25) is 0 Å². The number of nitrogens with zero attached hydrogens (tertiary/aromatic N) is 2. The maximum absolute atomic E-state index is 4.77. The van der Waals surface area contributed by atoms with Gasteiger partial charge in [0.15, 0.2) is 0 Å². The van der Waals surface area contributed by atoms with E-state index >= 15 is 0 Å². The fourth-order valence-electron chi connectivity index (χ4n) is 2.88. The minimum Gasteiger partial charge on any atom is -0.305 e. The average Bonchev–Trinajstić information content (AvgIpc) is 2.86. The molecule has 3 nitrogen and oxygen atoms in total. The summed E-state index contributed by atoms with van der Waals surface area (Å²) in [4.78, 5) is 7.36. The second-order valence-electron chi connectivity index (χ2n) is 5.64. The number of thiazole rings is 1. The molecule has 0 bridgehead atoms. The normalized spacial score (nSPS) is 19.7. The monoisotopic (exact) mass is 281 g/mol. The lowest BCUT2D eigenvalue weighted by molar-refractivity contribution is 0.134. The number of piperidine rings is 1. The van der Waals surface area contributed by atoms with Crippen molar-refractivity contribution in [3.8, 4) is 0 Å². The highest BCUT2D eigenvalue weighted by Crippen LogP contribution is 2.34. The first-order chi connectivity index (χ1) is 9.20. The number of hydrogen-bond acceptors (Lipinski definition) is 4. The van der Waals surface area contributed by atoms with E-state index < -0.39 is 0 Å². The molecule has 19 heavy (non-hydrogen) atoms. The zero-order chi connectivity index (χ0) is 13.7. The van der Waals surface area contributed by atoms with Gasteiger partial charge in [-0.15, -0.1) is 11.3 Å². The Kier molecular flexibility index (Phi) is 5.37. The summed E-state index contributed by atoms with van der Waals surface area (Å²) in [6, 6.07) is 0. The zero-order valence-corrected chi connectivity index (χ0v) is 13.4. The van der Waals surface area contributed by atoms with E-state index in [0.29, 0.717) is 0 Å². The summed E-state index contributed by atoms with van der Waals surface area (Å²) < 4.78 is 0. The first-order valence-electron chi connectivity index (χ1n) is 7.60. The van der Waals surface area contributed by atoms with Gasteiger partial charge in [0.1, 0.15) is 5.01 Å². The van der Waals surface area contributed by atoms with Crippen LogP contribution >= 0.6 is 11.3 Å². The standard InChI is InChI=1S/C15H27N3S/c1-4-8-16-15(14-17-13(3)12-19-14)6-10-18(9-5-2)11-7-15/h12,16H,4-11H2,1-3H3. The molecule has 2 heterocycles. The molecule has 0 aromatic carbocycles. The first-order valence-corrected chi connectivity index (χ1v) is 8.48. The molecule has 0 saturated carbocycles. The fourth-order valence-corrected chi connectivity index (χ4v) is 3.91. The minimum absolute atomic E-state index is 0.138. The Hall–Kier alpha value is -0.450. The van der Waals surface area contributed by atoms with E-state index in [9.17, 15) is 0 Å². The number of nitrogens with one attached hydrogen (secondary N) is 1. The van der Waals surface area contributed by atoms with E-state index in [-0.39, 0.29) is 5.54 Å². The molecule has 1 aromatic heterocycles. The van der Waals surface area contributed by atoms with E-state index in [2.05, 4.69) is 36.4 Å². The Balaban J connectivity index is 2.09. The molecule has 2 rings (SSSR count). The second-order valence-corrected chi connectivity index (χ2v) is 6.50. The van der Waals surface area contributed by atoms with E-state index in [1.165, 1.54) is 50.3 Å². The molecular weight excluding hydrogens is 254 g/mol. The lowest BCUT2D eigenvalue weighted by Gasteiger charge is -2.41. The van der Waals surface area contributed by atoms with Crippen LogP contribution < -0.4 is 5.32 Å². The van der Waals surface area contributed by atoms with Crippen molar-refractivity contribution in [2.45, 2.75) is 52.0 Å². The maximum atomic E-state index is 4.77. The van der Waals surface area contributed by atoms with Gasteiger partial charge < -0.3 is 10.2 Å². The van der Waals surface area contributed by atoms with Crippen LogP contribution in [0.1, 0.15) is 50.2 Å². The van der Waals surface area contributed by atoms with E-state index in [1.807, 2.05) is 11.3 Å². The average molecular weight is 281 g/mol. The summed E-state index contributed by atoms with van der Waals surface area (Å²) >= 11 is 1.83. The molecule has 0 amide bonds. The van der Waals surface area contributed by atoms with Crippen molar-refractivity contribution in [3.63, 3.8) is 0 Å². The summed E-state index contributed by atoms with van der Waals surface area (Å²) in [6.45, 7) is 11.3. The maximum Gasteiger partial charge on any atom is 0.113 e. The number of rotatable bonds is 6. The van der Waals surface area contributed by atoms with Gasteiger partial charge in [0, 0.05) is 24.2 Å². The summed E-state index contributed by atoms with van der Waals surface area (Å²) in [5.74, 6) is 0. The molecule has 1 fully saturated rings. The number of likely N-dealkylation sites (tertiary alicyclic amines) is 1. The van der Waals surface area contributed by atoms with Crippen molar-refractivity contribution < 1.29 is 0 Å². The van der Waals surface area contributed by atoms with Crippen LogP contribution in [0.2, 0.25) is 0 Å². The summed E-state index contributed by atoms with van der Waals surface area (Å²) in [5, 5.41) is 7.28. The van der Waals surface area contributed by atoms with Crippen LogP contribution in [0.3, 0.4) is 0 Å². The van der Waals surface area contributed by atoms with Gasteiger partial charge in [-0.3, -0.25) is 0 Å². The van der Waals surface area contributed by atoms with Gasteiger partial charge in [-0.1, -0.05) is 13.8 Å². The van der Waals surface area contributed by atoms with Gasteiger partial charge in [0.25, 0.3) is 0 Å². The minimum atomic E-state index is 0.138. The third-order valence-corrected chi connectivity index (χ3v) is 5.16. The molecule has 0 spiro atoms. The lowest BCUT2D eigenvalue weighted by atomic mass is 9.87. The third-order valence-electron chi connectivity index (χ3n) is 3.99. The molecule has 0 aliphatic carbocycles. The summed E-state index contributed by atoms with van der Waals surface area (Å²) in [7, 11) is 0. The smallest absolute Gasteiger partial charge is 0.113 e. The fraction of sp³-hybridized carbons (Fsp3) is 0.800. The third kappa shape index (κ3) is 3.56. The summed E-state index contributed by atoms with van der Waals surface area (Å²) in [6.07, 6.45) is 4.83. The molecule has 1 aliphatic rings. The summed E-state index contributed by atoms with van der Waals surface area (Å²) in [5.41, 5.74) is 1.30. The van der Waals surface area contributed by atoms with Gasteiger partial charge in [-0.2, -0.15) is 0 Å². The molecular formula is C15H27N3S. The second kappa shape index (κ2) is 6.82. The molecule has 0 unspecified atom stereocenters. The van der Waals surface area contributed by atoms with Crippen LogP contribution in [-0.4, -0.2) is 36.1 Å². The Labute approximate surface area is 121 Å². The van der Waals surface area contributed by atoms with Crippen LogP contribution in [0.15, 0.2) is 5.38 Å². The lowest BCUT2D eigenvalue weighted by Crippen LogP contribution is -2.51. The molecule has 4 heteroatoms. The molecule has 0 radical (unpaired) electrons. The van der Waals surface area contributed by atoms with Crippen molar-refractivity contribution in [3.05, 3.63) is 16.1 Å². The van der Waals surface area contributed by atoms with Crippen molar-refractivity contribution in [1.82, 2.24) is 15.2 Å². The van der Waals surface area contributed by atoms with Crippen molar-refractivity contribution in [2.24, 2.45) is 0 Å². The molecule has 1 aromatic rings. The van der Waals surface area contributed by atoms with Crippen LogP contribution in [0.25, 0.3) is 0 Å². The topological polar surface area (TPSA) is 28.2 Å². The molecule has 1 aliphatic heterocycles. The highest BCUT2D eigenvalue weighted by molar-refractivity contribution is 7.09. The Morgan fingerprint density at radius 2 is 2.05 bits per heavy atom. The van der Waals surface area contributed by atoms with E-state index in [0.717, 1.165) is 12.2 Å². The van der Waals surface area contributed by atoms with Gasteiger partial charge in [-0.05, 0) is 45.7 Å². The van der Waals surface area contributed by atoms with Crippen molar-refractivity contribution in [1.29, 1.82) is 0 Å². The molecule has 1 N–H and O–H groups in total. The van der Waals surface area contributed by atoms with Gasteiger partial charge in [0.05, 0.1) is 5.54 Å². The van der Waals surface area contributed by atoms with E-state index in [1.54, 1.807) is 0 Å². The van der Waals surface area contributed by atoms with Gasteiger partial charge in [-0.25, -0.2) is 4.98 Å². The van der Waals surface area contributed by atoms with Crippen LogP contribution in [-0.2, 0) is 5.54 Å². The van der Waals surface area contributed by atoms with Crippen molar-refractivity contribution in [2.75, 3.05) is 26.2 Å². The number of aryl methyl sites for hydroxylation is 1. The zero-order valence-electron chi connectivity index (χ0n) is 12.5. The Bertz CT molecular complexity index is 380.